The van der Waals surface area contributed by atoms with Crippen LogP contribution >= 0.6 is 11.6 Å². The molecule has 1 rings (SSSR count). The van der Waals surface area contributed by atoms with Gasteiger partial charge in [-0.25, -0.2) is 9.78 Å². The van der Waals surface area contributed by atoms with Gasteiger partial charge in [0.2, 0.25) is 0 Å². The number of carbonyl (C=O) groups excluding carboxylic acids is 1. The van der Waals surface area contributed by atoms with Gasteiger partial charge in [-0.05, 0) is 6.07 Å². The largest absolute Gasteiger partial charge is 0.462 e. The second-order valence-corrected chi connectivity index (χ2v) is 3.45. The summed E-state index contributed by atoms with van der Waals surface area (Å²) in [5.74, 6) is -0.527. The monoisotopic (exact) mass is 244 g/mol. The molecule has 0 unspecified atom stereocenters. The van der Waals surface area contributed by atoms with Crippen LogP contribution in [-0.4, -0.2) is 31.3 Å². The van der Waals surface area contributed by atoms with Crippen molar-refractivity contribution < 1.29 is 14.3 Å². The maximum Gasteiger partial charge on any atom is 0.341 e. The Morgan fingerprint density at radius 2 is 2.31 bits per heavy atom. The number of nitrogens with two attached hydrogens (primary N) is 1. The molecule has 0 amide bonds. The molecule has 0 aliphatic rings. The molecule has 0 bridgehead atoms. The van der Waals surface area contributed by atoms with Gasteiger partial charge in [-0.2, -0.15) is 0 Å². The third-order valence-electron chi connectivity index (χ3n) is 1.81. The van der Waals surface area contributed by atoms with E-state index < -0.39 is 5.97 Å². The van der Waals surface area contributed by atoms with Crippen LogP contribution in [0.4, 0.5) is 5.69 Å². The van der Waals surface area contributed by atoms with Gasteiger partial charge < -0.3 is 15.2 Å². The van der Waals surface area contributed by atoms with Gasteiger partial charge in [0.1, 0.15) is 5.15 Å². The van der Waals surface area contributed by atoms with Crippen LogP contribution in [0.15, 0.2) is 12.3 Å². The van der Waals surface area contributed by atoms with Crippen LogP contribution in [0.3, 0.4) is 0 Å². The first-order valence-corrected chi connectivity index (χ1v) is 5.10. The maximum absolute atomic E-state index is 11.5. The van der Waals surface area contributed by atoms with Gasteiger partial charge in [0.05, 0.1) is 24.1 Å². The fourth-order valence-electron chi connectivity index (χ4n) is 1.05. The first-order valence-electron chi connectivity index (χ1n) is 4.72. The Hall–Kier alpha value is -1.33. The number of rotatable bonds is 5. The normalized spacial score (nSPS) is 10.1. The van der Waals surface area contributed by atoms with Crippen molar-refractivity contribution in [3.8, 4) is 0 Å². The fourth-order valence-corrected chi connectivity index (χ4v) is 1.23. The van der Waals surface area contributed by atoms with Gasteiger partial charge in [0, 0.05) is 20.1 Å². The number of hydrogen-bond acceptors (Lipinski definition) is 5. The predicted molar refractivity (Wildman–Crippen MR) is 60.4 cm³/mol. The Morgan fingerprint density at radius 1 is 1.56 bits per heavy atom. The third kappa shape index (κ3) is 3.67. The lowest BCUT2D eigenvalue weighted by molar-refractivity contribution is 0.0468. The number of esters is 1. The van der Waals surface area contributed by atoms with Gasteiger partial charge >= 0.3 is 5.97 Å². The van der Waals surface area contributed by atoms with Gasteiger partial charge in [0.15, 0.2) is 0 Å². The van der Waals surface area contributed by atoms with Gasteiger partial charge in [-0.1, -0.05) is 11.6 Å². The zero-order chi connectivity index (χ0) is 12.0. The summed E-state index contributed by atoms with van der Waals surface area (Å²) in [6, 6.07) is 1.44. The molecule has 0 saturated carbocycles. The van der Waals surface area contributed by atoms with Crippen LogP contribution in [0.2, 0.25) is 5.15 Å². The zero-order valence-electron chi connectivity index (χ0n) is 8.90. The highest BCUT2D eigenvalue weighted by Gasteiger charge is 2.13. The topological polar surface area (TPSA) is 74.4 Å². The standard InChI is InChI=1S/C10H13ClN2O3/c1-15-3-2-4-16-10(14)8-5-7(12)6-13-9(8)11/h5-6H,2-4,12H2,1H3. The van der Waals surface area contributed by atoms with E-state index in [0.29, 0.717) is 18.7 Å². The van der Waals surface area contributed by atoms with Crippen molar-refractivity contribution in [1.82, 2.24) is 4.98 Å². The molecule has 6 heteroatoms. The second-order valence-electron chi connectivity index (χ2n) is 3.09. The third-order valence-corrected chi connectivity index (χ3v) is 2.11. The quantitative estimate of drug-likeness (QED) is 0.483. The van der Waals surface area contributed by atoms with Crippen molar-refractivity contribution in [2.75, 3.05) is 26.1 Å². The molecule has 0 radical (unpaired) electrons. The second kappa shape index (κ2) is 6.30. The summed E-state index contributed by atoms with van der Waals surface area (Å²) < 4.78 is 9.79. The molecular weight excluding hydrogens is 232 g/mol. The number of ether oxygens (including phenoxy) is 2. The predicted octanol–water partition coefficient (Wildman–Crippen LogP) is 1.51. The number of halogens is 1. The van der Waals surface area contributed by atoms with E-state index >= 15 is 0 Å². The SMILES string of the molecule is COCCCOC(=O)c1cc(N)cnc1Cl. The Labute approximate surface area is 98.5 Å². The highest BCUT2D eigenvalue weighted by Crippen LogP contribution is 2.16. The number of nitrogens with zero attached hydrogens (tertiary/aromatic N) is 1. The number of anilines is 1. The Morgan fingerprint density at radius 3 is 3.00 bits per heavy atom. The Balaban J connectivity index is 2.55. The Kier molecular flexibility index (Phi) is 5.01. The van der Waals surface area contributed by atoms with Crippen molar-refractivity contribution in [3.63, 3.8) is 0 Å². The molecule has 0 spiro atoms. The van der Waals surface area contributed by atoms with E-state index in [-0.39, 0.29) is 17.3 Å². The molecule has 0 saturated heterocycles. The minimum Gasteiger partial charge on any atom is -0.462 e. The average Bonchev–Trinajstić information content (AvgIpc) is 2.27. The summed E-state index contributed by atoms with van der Waals surface area (Å²) in [4.78, 5) is 15.3. The van der Waals surface area contributed by atoms with Crippen LogP contribution < -0.4 is 5.73 Å². The van der Waals surface area contributed by atoms with Gasteiger partial charge in [-0.15, -0.1) is 0 Å². The molecule has 0 aliphatic heterocycles. The lowest BCUT2D eigenvalue weighted by atomic mass is 10.2. The molecule has 1 aromatic rings. The summed E-state index contributed by atoms with van der Waals surface area (Å²) in [7, 11) is 1.58. The van der Waals surface area contributed by atoms with Crippen LogP contribution in [0.25, 0.3) is 0 Å². The first-order chi connectivity index (χ1) is 7.65. The molecule has 16 heavy (non-hydrogen) atoms. The summed E-state index contributed by atoms with van der Waals surface area (Å²) in [6.45, 7) is 0.813. The highest BCUT2D eigenvalue weighted by molar-refractivity contribution is 6.32. The lowest BCUT2D eigenvalue weighted by Crippen LogP contribution is -2.09. The van der Waals surface area contributed by atoms with Crippen LogP contribution in [0, 0.1) is 0 Å². The summed E-state index contributed by atoms with van der Waals surface area (Å²) in [6.07, 6.45) is 2.01. The molecule has 1 aromatic heterocycles. The molecule has 0 atom stereocenters. The minimum absolute atomic E-state index is 0.0888. The molecule has 1 heterocycles. The molecule has 0 aromatic carbocycles. The minimum atomic E-state index is -0.527. The van der Waals surface area contributed by atoms with Crippen molar-refractivity contribution in [3.05, 3.63) is 23.0 Å². The van der Waals surface area contributed by atoms with Crippen molar-refractivity contribution in [1.29, 1.82) is 0 Å². The summed E-state index contributed by atoms with van der Waals surface area (Å²) >= 11 is 5.74. The van der Waals surface area contributed by atoms with E-state index in [1.165, 1.54) is 12.3 Å². The number of hydrogen-bond donors (Lipinski definition) is 1. The van der Waals surface area contributed by atoms with Crippen LogP contribution in [-0.2, 0) is 9.47 Å². The average molecular weight is 245 g/mol. The van der Waals surface area contributed by atoms with Gasteiger partial charge in [-0.3, -0.25) is 0 Å². The molecule has 0 aliphatic carbocycles. The maximum atomic E-state index is 11.5. The van der Waals surface area contributed by atoms with E-state index in [1.807, 2.05) is 0 Å². The van der Waals surface area contributed by atoms with Crippen molar-refractivity contribution >= 4 is 23.3 Å². The number of carbonyl (C=O) groups is 1. The highest BCUT2D eigenvalue weighted by atomic mass is 35.5. The lowest BCUT2D eigenvalue weighted by Gasteiger charge is -2.05. The van der Waals surface area contributed by atoms with E-state index in [4.69, 9.17) is 26.8 Å². The fraction of sp³-hybridized carbons (Fsp3) is 0.400. The number of methoxy groups -OCH3 is 1. The molecule has 2 N–H and O–H groups in total. The van der Waals surface area contributed by atoms with E-state index in [2.05, 4.69) is 4.98 Å². The molecule has 0 fully saturated rings. The van der Waals surface area contributed by atoms with Crippen LogP contribution in [0.1, 0.15) is 16.8 Å². The first kappa shape index (κ1) is 12.7. The van der Waals surface area contributed by atoms with Crippen molar-refractivity contribution in [2.24, 2.45) is 0 Å². The molecule has 5 nitrogen and oxygen atoms in total. The molecular formula is C10H13ClN2O3. The van der Waals surface area contributed by atoms with E-state index in [9.17, 15) is 4.79 Å². The van der Waals surface area contributed by atoms with Gasteiger partial charge in [0.25, 0.3) is 0 Å². The van der Waals surface area contributed by atoms with Crippen molar-refractivity contribution in [2.45, 2.75) is 6.42 Å². The zero-order valence-corrected chi connectivity index (χ0v) is 9.66. The number of pyridine rings is 1. The number of nitrogen functional groups attached to an aromatic ring is 1. The summed E-state index contributed by atoms with van der Waals surface area (Å²) in [5, 5.41) is 0.0888. The van der Waals surface area contributed by atoms with Crippen LogP contribution in [0.5, 0.6) is 0 Å². The summed E-state index contributed by atoms with van der Waals surface area (Å²) in [5.41, 5.74) is 6.04. The molecule has 88 valence electrons. The number of aromatic nitrogens is 1. The van der Waals surface area contributed by atoms with E-state index in [1.54, 1.807) is 7.11 Å². The Bertz CT molecular complexity index is 371. The van der Waals surface area contributed by atoms with E-state index in [0.717, 1.165) is 0 Å². The smallest absolute Gasteiger partial charge is 0.341 e.